The molecule has 2 rings (SSSR count). The molecule has 2 aromatic rings. The minimum atomic E-state index is -0.360. The van der Waals surface area contributed by atoms with Crippen molar-refractivity contribution < 1.29 is 9.53 Å². The molecule has 4 heteroatoms. The minimum absolute atomic E-state index is 0.360. The van der Waals surface area contributed by atoms with Crippen LogP contribution in [0.25, 0.3) is 0 Å². The molecule has 0 N–H and O–H groups in total. The largest absolute Gasteiger partial charge is 0.404 e. The first-order valence-electron chi connectivity index (χ1n) is 6.01. The maximum absolute atomic E-state index is 11.9. The van der Waals surface area contributed by atoms with Crippen LogP contribution < -0.4 is 4.74 Å². The van der Waals surface area contributed by atoms with Gasteiger partial charge in [0.2, 0.25) is 5.88 Å². The number of benzene rings is 1. The van der Waals surface area contributed by atoms with Gasteiger partial charge >= 0.3 is 5.97 Å². The van der Waals surface area contributed by atoms with Crippen molar-refractivity contribution in [2.75, 3.05) is 0 Å². The smallest absolute Gasteiger partial charge is 0.344 e. The van der Waals surface area contributed by atoms with Gasteiger partial charge in [0.25, 0.3) is 0 Å². The van der Waals surface area contributed by atoms with Gasteiger partial charge in [0.05, 0.1) is 11.3 Å². The van der Waals surface area contributed by atoms with Crippen LogP contribution in [0, 0.1) is 0 Å². The molecule has 0 bridgehead atoms. The van der Waals surface area contributed by atoms with Crippen molar-refractivity contribution >= 4 is 5.97 Å². The van der Waals surface area contributed by atoms with E-state index in [1.807, 2.05) is 24.3 Å². The summed E-state index contributed by atoms with van der Waals surface area (Å²) in [5, 5.41) is 4.29. The third kappa shape index (κ3) is 2.77. The molecule has 0 radical (unpaired) electrons. The Kier molecular flexibility index (Phi) is 3.77. The van der Waals surface area contributed by atoms with Crippen molar-refractivity contribution in [3.05, 3.63) is 47.7 Å². The van der Waals surface area contributed by atoms with E-state index in [0.29, 0.717) is 11.4 Å². The molecular weight excluding hydrogens is 228 g/mol. The SMILES string of the molecule is CCCc1cc(OC(=O)c2ccccc2)n(C)n1. The van der Waals surface area contributed by atoms with E-state index in [9.17, 15) is 4.79 Å². The molecule has 0 aliphatic carbocycles. The van der Waals surface area contributed by atoms with E-state index in [1.54, 1.807) is 23.9 Å². The average molecular weight is 244 g/mol. The van der Waals surface area contributed by atoms with Gasteiger partial charge in [0.1, 0.15) is 0 Å². The number of esters is 1. The van der Waals surface area contributed by atoms with Gasteiger partial charge in [0, 0.05) is 13.1 Å². The Labute approximate surface area is 106 Å². The van der Waals surface area contributed by atoms with Crippen molar-refractivity contribution in [1.29, 1.82) is 0 Å². The lowest BCUT2D eigenvalue weighted by molar-refractivity contribution is 0.0720. The molecule has 0 saturated heterocycles. The average Bonchev–Trinajstić information content (AvgIpc) is 2.71. The second kappa shape index (κ2) is 5.49. The van der Waals surface area contributed by atoms with Crippen LogP contribution >= 0.6 is 0 Å². The summed E-state index contributed by atoms with van der Waals surface area (Å²) in [5.74, 6) is 0.119. The highest BCUT2D eigenvalue weighted by Gasteiger charge is 2.12. The van der Waals surface area contributed by atoms with Gasteiger partial charge in [-0.25, -0.2) is 9.48 Å². The summed E-state index contributed by atoms with van der Waals surface area (Å²) in [5.41, 5.74) is 1.48. The molecule has 4 nitrogen and oxygen atoms in total. The molecule has 0 aliphatic heterocycles. The summed E-state index contributed by atoms with van der Waals surface area (Å²) < 4.78 is 6.91. The van der Waals surface area contributed by atoms with Gasteiger partial charge < -0.3 is 4.74 Å². The highest BCUT2D eigenvalue weighted by Crippen LogP contribution is 2.15. The third-order valence-corrected chi connectivity index (χ3v) is 2.60. The monoisotopic (exact) mass is 244 g/mol. The van der Waals surface area contributed by atoms with E-state index in [0.717, 1.165) is 18.5 Å². The van der Waals surface area contributed by atoms with Crippen molar-refractivity contribution in [3.8, 4) is 5.88 Å². The number of aryl methyl sites for hydroxylation is 2. The third-order valence-electron chi connectivity index (χ3n) is 2.60. The highest BCUT2D eigenvalue weighted by molar-refractivity contribution is 5.90. The summed E-state index contributed by atoms with van der Waals surface area (Å²) >= 11 is 0. The van der Waals surface area contributed by atoms with Crippen LogP contribution in [0.2, 0.25) is 0 Å². The van der Waals surface area contributed by atoms with E-state index >= 15 is 0 Å². The number of hydrogen-bond donors (Lipinski definition) is 0. The lowest BCUT2D eigenvalue weighted by Crippen LogP contribution is -2.10. The first-order chi connectivity index (χ1) is 8.70. The molecule has 0 spiro atoms. The number of nitrogens with zero attached hydrogens (tertiary/aromatic N) is 2. The first kappa shape index (κ1) is 12.4. The van der Waals surface area contributed by atoms with Crippen LogP contribution in [0.1, 0.15) is 29.4 Å². The molecule has 0 unspecified atom stereocenters. The van der Waals surface area contributed by atoms with Crippen LogP contribution in [-0.4, -0.2) is 15.7 Å². The van der Waals surface area contributed by atoms with Crippen LogP contribution in [-0.2, 0) is 13.5 Å². The van der Waals surface area contributed by atoms with Gasteiger partial charge in [0.15, 0.2) is 0 Å². The molecule has 1 heterocycles. The quantitative estimate of drug-likeness (QED) is 0.776. The molecule has 0 atom stereocenters. The van der Waals surface area contributed by atoms with Crippen LogP contribution in [0.4, 0.5) is 0 Å². The van der Waals surface area contributed by atoms with Crippen molar-refractivity contribution in [2.45, 2.75) is 19.8 Å². The van der Waals surface area contributed by atoms with E-state index in [2.05, 4.69) is 12.0 Å². The second-order valence-electron chi connectivity index (χ2n) is 4.10. The topological polar surface area (TPSA) is 44.1 Å². The number of rotatable bonds is 4. The van der Waals surface area contributed by atoms with Crippen LogP contribution in [0.15, 0.2) is 36.4 Å². The Morgan fingerprint density at radius 1 is 1.33 bits per heavy atom. The summed E-state index contributed by atoms with van der Waals surface area (Å²) in [6.07, 6.45) is 1.90. The maximum Gasteiger partial charge on any atom is 0.344 e. The highest BCUT2D eigenvalue weighted by atomic mass is 16.5. The Bertz CT molecular complexity index is 532. The summed E-state index contributed by atoms with van der Waals surface area (Å²) in [6, 6.07) is 10.7. The van der Waals surface area contributed by atoms with Gasteiger partial charge in [-0.05, 0) is 18.6 Å². The first-order valence-corrected chi connectivity index (χ1v) is 6.01. The Morgan fingerprint density at radius 3 is 2.72 bits per heavy atom. The zero-order chi connectivity index (χ0) is 13.0. The van der Waals surface area contributed by atoms with Gasteiger partial charge in [-0.2, -0.15) is 5.10 Å². The lowest BCUT2D eigenvalue weighted by atomic mass is 10.2. The fourth-order valence-corrected chi connectivity index (χ4v) is 1.71. The Hall–Kier alpha value is -2.10. The van der Waals surface area contributed by atoms with E-state index in [1.165, 1.54) is 0 Å². The maximum atomic E-state index is 11.9. The van der Waals surface area contributed by atoms with Gasteiger partial charge in [-0.15, -0.1) is 0 Å². The zero-order valence-corrected chi connectivity index (χ0v) is 10.6. The molecule has 0 saturated carbocycles. The molecule has 94 valence electrons. The summed E-state index contributed by atoms with van der Waals surface area (Å²) in [7, 11) is 1.77. The van der Waals surface area contributed by atoms with E-state index in [4.69, 9.17) is 4.74 Å². The molecule has 18 heavy (non-hydrogen) atoms. The second-order valence-corrected chi connectivity index (χ2v) is 4.10. The molecule has 0 aliphatic rings. The fourth-order valence-electron chi connectivity index (χ4n) is 1.71. The molecule has 0 amide bonds. The number of carbonyl (C=O) groups excluding carboxylic acids is 1. The number of aromatic nitrogens is 2. The molecule has 1 aromatic carbocycles. The van der Waals surface area contributed by atoms with Crippen LogP contribution in [0.5, 0.6) is 5.88 Å². The predicted octanol–water partition coefficient (Wildman–Crippen LogP) is 2.59. The zero-order valence-electron chi connectivity index (χ0n) is 10.6. The standard InChI is InChI=1S/C14H16N2O2/c1-3-7-12-10-13(16(2)15-12)18-14(17)11-8-5-4-6-9-11/h4-6,8-10H,3,7H2,1-2H3. The number of hydrogen-bond acceptors (Lipinski definition) is 3. The Balaban J connectivity index is 2.12. The number of carbonyl (C=O) groups is 1. The Morgan fingerprint density at radius 2 is 2.06 bits per heavy atom. The predicted molar refractivity (Wildman–Crippen MR) is 68.6 cm³/mol. The van der Waals surface area contributed by atoms with Crippen molar-refractivity contribution in [2.24, 2.45) is 7.05 Å². The normalized spacial score (nSPS) is 10.3. The van der Waals surface area contributed by atoms with Crippen molar-refractivity contribution in [1.82, 2.24) is 9.78 Å². The minimum Gasteiger partial charge on any atom is -0.404 e. The van der Waals surface area contributed by atoms with Crippen molar-refractivity contribution in [3.63, 3.8) is 0 Å². The lowest BCUT2D eigenvalue weighted by Gasteiger charge is -2.03. The van der Waals surface area contributed by atoms with Crippen LogP contribution in [0.3, 0.4) is 0 Å². The van der Waals surface area contributed by atoms with E-state index < -0.39 is 0 Å². The summed E-state index contributed by atoms with van der Waals surface area (Å²) in [4.78, 5) is 11.9. The number of ether oxygens (including phenoxy) is 1. The summed E-state index contributed by atoms with van der Waals surface area (Å²) in [6.45, 7) is 2.09. The molecular formula is C14H16N2O2. The molecule has 0 fully saturated rings. The fraction of sp³-hybridized carbons (Fsp3) is 0.286. The van der Waals surface area contributed by atoms with Gasteiger partial charge in [-0.1, -0.05) is 31.5 Å². The molecule has 1 aromatic heterocycles. The van der Waals surface area contributed by atoms with Gasteiger partial charge in [-0.3, -0.25) is 0 Å². The van der Waals surface area contributed by atoms with E-state index in [-0.39, 0.29) is 5.97 Å².